The standard InChI is InChI=1S/C30H30N2O4/c1-17-4-2-5-20(12-17)29(33)35-27-23-15-24(26-19-9-8-18(13-19)25(23)26)28(27)36-30(34)21-6-3-7-22(14-21)32-11-10-31-16-32/h2-7,10-12,14,16,18-19,23-28H,8-9,13,15H2,1H3. The maximum atomic E-state index is 13.4. The molecule has 7 rings (SSSR count). The Morgan fingerprint density at radius 1 is 0.861 bits per heavy atom. The van der Waals surface area contributed by atoms with E-state index in [0.717, 1.165) is 29.5 Å². The number of hydrogen-bond acceptors (Lipinski definition) is 5. The van der Waals surface area contributed by atoms with E-state index in [1.54, 1.807) is 24.7 Å². The molecule has 0 aliphatic heterocycles. The van der Waals surface area contributed by atoms with Gasteiger partial charge in [0, 0.05) is 29.9 Å². The third kappa shape index (κ3) is 3.41. The first kappa shape index (κ1) is 21.8. The largest absolute Gasteiger partial charge is 0.455 e. The van der Waals surface area contributed by atoms with Gasteiger partial charge in [0.1, 0.15) is 12.2 Å². The zero-order valence-corrected chi connectivity index (χ0v) is 20.3. The van der Waals surface area contributed by atoms with Crippen molar-refractivity contribution >= 4 is 11.9 Å². The van der Waals surface area contributed by atoms with Crippen molar-refractivity contribution in [1.29, 1.82) is 0 Å². The van der Waals surface area contributed by atoms with Crippen molar-refractivity contribution in [2.75, 3.05) is 0 Å². The molecule has 8 atom stereocenters. The summed E-state index contributed by atoms with van der Waals surface area (Å²) in [5.74, 6) is 2.53. The minimum absolute atomic E-state index is 0.270. The lowest BCUT2D eigenvalue weighted by molar-refractivity contribution is -0.0891. The van der Waals surface area contributed by atoms with Crippen molar-refractivity contribution in [2.45, 2.75) is 44.8 Å². The first-order valence-corrected chi connectivity index (χ1v) is 13.1. The Bertz CT molecular complexity index is 1320. The summed E-state index contributed by atoms with van der Waals surface area (Å²) in [6, 6.07) is 14.9. The number of carbonyl (C=O) groups is 2. The molecule has 6 heteroatoms. The number of ether oxygens (including phenoxy) is 2. The van der Waals surface area contributed by atoms with Gasteiger partial charge in [0.2, 0.25) is 0 Å². The van der Waals surface area contributed by atoms with Gasteiger partial charge in [-0.25, -0.2) is 14.6 Å². The van der Waals surface area contributed by atoms with Gasteiger partial charge in [-0.3, -0.25) is 0 Å². The second kappa shape index (κ2) is 8.32. The maximum absolute atomic E-state index is 13.4. The Balaban J connectivity index is 1.17. The van der Waals surface area contributed by atoms with Crippen LogP contribution in [-0.2, 0) is 9.47 Å². The predicted molar refractivity (Wildman–Crippen MR) is 133 cm³/mol. The normalized spacial score (nSPS) is 33.5. The molecular formula is C30H30N2O4. The third-order valence-electron chi connectivity index (χ3n) is 9.37. The van der Waals surface area contributed by atoms with Crippen molar-refractivity contribution < 1.29 is 19.1 Å². The number of aryl methyl sites for hydroxylation is 1. The van der Waals surface area contributed by atoms with Crippen LogP contribution >= 0.6 is 0 Å². The molecule has 4 fully saturated rings. The summed E-state index contributed by atoms with van der Waals surface area (Å²) >= 11 is 0. The monoisotopic (exact) mass is 482 g/mol. The van der Waals surface area contributed by atoms with Crippen molar-refractivity contribution in [2.24, 2.45) is 35.5 Å². The minimum Gasteiger partial charge on any atom is -0.455 e. The SMILES string of the molecule is Cc1cccc(C(=O)OC2C3CC(C2OC(=O)c2cccc(-n4ccnc4)c2)C2C4CCC(C4)C32)c1. The van der Waals surface area contributed by atoms with E-state index in [1.807, 2.05) is 54.1 Å². The Labute approximate surface area is 210 Å². The summed E-state index contributed by atoms with van der Waals surface area (Å²) < 4.78 is 14.3. The smallest absolute Gasteiger partial charge is 0.338 e. The number of nitrogens with zero attached hydrogens (tertiary/aromatic N) is 2. The van der Waals surface area contributed by atoms with Gasteiger partial charge in [0.25, 0.3) is 0 Å². The molecule has 0 saturated heterocycles. The first-order chi connectivity index (χ1) is 17.6. The molecule has 0 N–H and O–H groups in total. The molecule has 0 amide bonds. The zero-order chi connectivity index (χ0) is 24.4. The third-order valence-corrected chi connectivity index (χ3v) is 9.37. The fraction of sp³-hybridized carbons (Fsp3) is 0.433. The molecule has 4 bridgehead atoms. The number of benzene rings is 2. The van der Waals surface area contributed by atoms with Gasteiger partial charge in [-0.1, -0.05) is 23.8 Å². The molecule has 1 aromatic heterocycles. The van der Waals surface area contributed by atoms with E-state index in [0.29, 0.717) is 23.0 Å². The van der Waals surface area contributed by atoms with Crippen molar-refractivity contribution in [1.82, 2.24) is 9.55 Å². The average Bonchev–Trinajstić information content (AvgIpc) is 3.71. The lowest BCUT2D eigenvalue weighted by Crippen LogP contribution is -2.48. The van der Waals surface area contributed by atoms with Crippen LogP contribution in [0.15, 0.2) is 67.3 Å². The number of fused-ring (bicyclic) bond motifs is 9. The number of esters is 2. The van der Waals surface area contributed by atoms with Crippen LogP contribution in [-0.4, -0.2) is 33.7 Å². The van der Waals surface area contributed by atoms with Crippen LogP contribution in [0.2, 0.25) is 0 Å². The highest BCUT2D eigenvalue weighted by Crippen LogP contribution is 2.68. The molecular weight excluding hydrogens is 452 g/mol. The van der Waals surface area contributed by atoms with E-state index in [4.69, 9.17) is 9.47 Å². The Kier molecular flexibility index (Phi) is 5.05. The van der Waals surface area contributed by atoms with Crippen LogP contribution in [0.3, 0.4) is 0 Å². The molecule has 3 aromatic rings. The quantitative estimate of drug-likeness (QED) is 0.367. The van der Waals surface area contributed by atoms with Crippen LogP contribution in [0.5, 0.6) is 0 Å². The fourth-order valence-corrected chi connectivity index (χ4v) is 8.14. The van der Waals surface area contributed by atoms with Gasteiger partial charge in [0.15, 0.2) is 0 Å². The number of aromatic nitrogens is 2. The summed E-state index contributed by atoms with van der Waals surface area (Å²) in [6.45, 7) is 1.97. The second-order valence-electron chi connectivity index (χ2n) is 11.2. The maximum Gasteiger partial charge on any atom is 0.338 e. The highest BCUT2D eigenvalue weighted by Gasteiger charge is 2.68. The van der Waals surface area contributed by atoms with Gasteiger partial charge in [0.05, 0.1) is 17.5 Å². The van der Waals surface area contributed by atoms with Gasteiger partial charge in [-0.05, 0) is 86.6 Å². The average molecular weight is 483 g/mol. The molecule has 1 heterocycles. The molecule has 6 nitrogen and oxygen atoms in total. The summed E-state index contributed by atoms with van der Waals surface area (Å²) in [6.07, 6.45) is 9.33. The van der Waals surface area contributed by atoms with Gasteiger partial charge < -0.3 is 14.0 Å². The van der Waals surface area contributed by atoms with Gasteiger partial charge in [-0.15, -0.1) is 0 Å². The zero-order valence-electron chi connectivity index (χ0n) is 20.3. The van der Waals surface area contributed by atoms with Crippen LogP contribution in [0.4, 0.5) is 0 Å². The van der Waals surface area contributed by atoms with Gasteiger partial charge >= 0.3 is 11.9 Å². The fourth-order valence-electron chi connectivity index (χ4n) is 8.14. The lowest BCUT2D eigenvalue weighted by Gasteiger charge is -2.42. The van der Waals surface area contributed by atoms with E-state index in [2.05, 4.69) is 4.98 Å². The number of imidazole rings is 1. The van der Waals surface area contributed by atoms with Crippen LogP contribution in [0, 0.1) is 42.4 Å². The summed E-state index contributed by atoms with van der Waals surface area (Å²) in [5, 5.41) is 0. The van der Waals surface area contributed by atoms with Gasteiger partial charge in [-0.2, -0.15) is 0 Å². The van der Waals surface area contributed by atoms with Crippen LogP contribution in [0.25, 0.3) is 5.69 Å². The van der Waals surface area contributed by atoms with Crippen molar-refractivity contribution in [3.8, 4) is 5.69 Å². The summed E-state index contributed by atoms with van der Waals surface area (Å²) in [7, 11) is 0. The Morgan fingerprint density at radius 2 is 1.50 bits per heavy atom. The molecule has 4 saturated carbocycles. The summed E-state index contributed by atoms with van der Waals surface area (Å²) in [4.78, 5) is 30.7. The molecule has 0 radical (unpaired) electrons. The molecule has 0 spiro atoms. The van der Waals surface area contributed by atoms with Crippen LogP contribution in [0.1, 0.15) is 52.0 Å². The highest BCUT2D eigenvalue weighted by atomic mass is 16.6. The molecule has 8 unspecified atom stereocenters. The van der Waals surface area contributed by atoms with Crippen LogP contribution < -0.4 is 0 Å². The first-order valence-electron chi connectivity index (χ1n) is 13.1. The topological polar surface area (TPSA) is 70.4 Å². The predicted octanol–water partition coefficient (Wildman–Crippen LogP) is 5.24. The molecule has 2 aromatic carbocycles. The molecule has 184 valence electrons. The molecule has 4 aliphatic rings. The summed E-state index contributed by atoms with van der Waals surface area (Å²) in [5.41, 5.74) is 2.93. The lowest BCUT2D eigenvalue weighted by atomic mass is 9.69. The minimum atomic E-state index is -0.395. The van der Waals surface area contributed by atoms with E-state index < -0.39 is 6.10 Å². The Morgan fingerprint density at radius 3 is 2.11 bits per heavy atom. The van der Waals surface area contributed by atoms with E-state index in [9.17, 15) is 9.59 Å². The van der Waals surface area contributed by atoms with E-state index in [1.165, 1.54) is 19.3 Å². The van der Waals surface area contributed by atoms with E-state index in [-0.39, 0.29) is 29.9 Å². The van der Waals surface area contributed by atoms with Crippen molar-refractivity contribution in [3.05, 3.63) is 83.9 Å². The number of carbonyl (C=O) groups excluding carboxylic acids is 2. The Hall–Kier alpha value is -3.41. The number of rotatable bonds is 5. The van der Waals surface area contributed by atoms with Crippen molar-refractivity contribution in [3.63, 3.8) is 0 Å². The van der Waals surface area contributed by atoms with E-state index >= 15 is 0 Å². The second-order valence-corrected chi connectivity index (χ2v) is 11.2. The number of hydrogen-bond donors (Lipinski definition) is 0. The molecule has 36 heavy (non-hydrogen) atoms. The molecule has 4 aliphatic carbocycles. The highest BCUT2D eigenvalue weighted by molar-refractivity contribution is 5.91.